The molecule has 1 aromatic heterocycles. The highest BCUT2D eigenvalue weighted by atomic mass is 32.1. The molecule has 1 N–H and O–H groups in total. The molecule has 0 aliphatic rings. The molecule has 0 bridgehead atoms. The van der Waals surface area contributed by atoms with Gasteiger partial charge in [-0.15, -0.1) is 11.3 Å². The van der Waals surface area contributed by atoms with Gasteiger partial charge in [-0.25, -0.2) is 9.59 Å². The summed E-state index contributed by atoms with van der Waals surface area (Å²) in [7, 11) is 2.48. The highest BCUT2D eigenvalue weighted by molar-refractivity contribution is 7.18. The van der Waals surface area contributed by atoms with E-state index in [9.17, 15) is 14.4 Å². The molecule has 1 amide bonds. The van der Waals surface area contributed by atoms with Crippen LogP contribution in [0.25, 0.3) is 0 Å². The minimum Gasteiger partial charge on any atom is -0.489 e. The van der Waals surface area contributed by atoms with E-state index in [1.54, 1.807) is 31.2 Å². The van der Waals surface area contributed by atoms with Crippen LogP contribution in [0.4, 0.5) is 5.00 Å². The van der Waals surface area contributed by atoms with Crippen LogP contribution < -0.4 is 10.1 Å². The van der Waals surface area contributed by atoms with Crippen molar-refractivity contribution >= 4 is 34.2 Å². The number of ether oxygens (including phenoxy) is 3. The summed E-state index contributed by atoms with van der Waals surface area (Å²) in [6.45, 7) is 2.02. The Bertz CT molecular complexity index is 1090. The van der Waals surface area contributed by atoms with Crippen LogP contribution in [0.3, 0.4) is 0 Å². The van der Waals surface area contributed by atoms with Crippen molar-refractivity contribution in [1.82, 2.24) is 0 Å². The van der Waals surface area contributed by atoms with Crippen molar-refractivity contribution in [1.29, 1.82) is 0 Å². The lowest BCUT2D eigenvalue weighted by molar-refractivity contribution is 0.0601. The number of rotatable bonds is 7. The number of methoxy groups -OCH3 is 2. The summed E-state index contributed by atoms with van der Waals surface area (Å²) < 4.78 is 15.3. The normalized spacial score (nSPS) is 10.3. The first-order valence-corrected chi connectivity index (χ1v) is 10.1. The summed E-state index contributed by atoms with van der Waals surface area (Å²) in [5, 5.41) is 2.91. The van der Waals surface area contributed by atoms with Gasteiger partial charge in [0.15, 0.2) is 0 Å². The van der Waals surface area contributed by atoms with Crippen molar-refractivity contribution in [3.8, 4) is 5.75 Å². The van der Waals surface area contributed by atoms with E-state index in [0.717, 1.165) is 16.9 Å². The van der Waals surface area contributed by atoms with Gasteiger partial charge >= 0.3 is 11.9 Å². The Balaban J connectivity index is 1.75. The van der Waals surface area contributed by atoms with Crippen LogP contribution in [0.1, 0.15) is 41.5 Å². The van der Waals surface area contributed by atoms with Crippen molar-refractivity contribution in [2.24, 2.45) is 0 Å². The molecule has 3 aromatic rings. The molecule has 0 fully saturated rings. The number of thiophene rings is 1. The minimum absolute atomic E-state index is 0.129. The first kappa shape index (κ1) is 22.0. The first-order chi connectivity index (χ1) is 14.9. The molecular weight excluding hydrogens is 418 g/mol. The predicted octanol–water partition coefficient (Wildman–Crippen LogP) is 4.46. The van der Waals surface area contributed by atoms with Gasteiger partial charge in [-0.1, -0.05) is 30.3 Å². The number of carbonyl (C=O) groups is 3. The van der Waals surface area contributed by atoms with Crippen LogP contribution >= 0.6 is 11.3 Å². The van der Waals surface area contributed by atoms with E-state index in [-0.39, 0.29) is 15.4 Å². The third kappa shape index (κ3) is 5.10. The van der Waals surface area contributed by atoms with Crippen LogP contribution in [0.15, 0.2) is 54.6 Å². The lowest BCUT2D eigenvalue weighted by Gasteiger charge is -2.08. The van der Waals surface area contributed by atoms with Crippen LogP contribution in [0, 0.1) is 6.92 Å². The number of carbonyl (C=O) groups excluding carboxylic acids is 3. The molecule has 0 radical (unpaired) electrons. The van der Waals surface area contributed by atoms with E-state index >= 15 is 0 Å². The van der Waals surface area contributed by atoms with Crippen LogP contribution in [-0.2, 0) is 16.1 Å². The van der Waals surface area contributed by atoms with Gasteiger partial charge in [0, 0.05) is 5.56 Å². The smallest absolute Gasteiger partial charge is 0.348 e. The molecule has 0 saturated carbocycles. The summed E-state index contributed by atoms with van der Waals surface area (Å²) in [4.78, 5) is 37.1. The third-order valence-electron chi connectivity index (χ3n) is 4.50. The second kappa shape index (κ2) is 9.90. The largest absolute Gasteiger partial charge is 0.489 e. The van der Waals surface area contributed by atoms with Crippen LogP contribution in [-0.4, -0.2) is 32.1 Å². The summed E-state index contributed by atoms with van der Waals surface area (Å²) in [6.07, 6.45) is 0. The van der Waals surface area contributed by atoms with Crippen molar-refractivity contribution in [3.63, 3.8) is 0 Å². The van der Waals surface area contributed by atoms with Crippen molar-refractivity contribution in [2.45, 2.75) is 13.5 Å². The molecule has 7 nitrogen and oxygen atoms in total. The highest BCUT2D eigenvalue weighted by Gasteiger charge is 2.27. The fraction of sp³-hybridized carbons (Fsp3) is 0.174. The van der Waals surface area contributed by atoms with Gasteiger partial charge in [0.05, 0.1) is 19.8 Å². The summed E-state index contributed by atoms with van der Waals surface area (Å²) in [5.41, 5.74) is 1.93. The van der Waals surface area contributed by atoms with E-state index in [2.05, 4.69) is 5.32 Å². The monoisotopic (exact) mass is 439 g/mol. The van der Waals surface area contributed by atoms with Crippen molar-refractivity contribution in [2.75, 3.05) is 19.5 Å². The zero-order chi connectivity index (χ0) is 22.4. The maximum absolute atomic E-state index is 12.7. The van der Waals surface area contributed by atoms with E-state index < -0.39 is 17.8 Å². The number of nitrogens with one attached hydrogen (secondary N) is 1. The van der Waals surface area contributed by atoms with Gasteiger partial charge in [-0.3, -0.25) is 4.79 Å². The Labute approximate surface area is 183 Å². The lowest BCUT2D eigenvalue weighted by atomic mass is 10.1. The number of amides is 1. The van der Waals surface area contributed by atoms with E-state index in [1.165, 1.54) is 14.2 Å². The molecule has 1 heterocycles. The standard InChI is InChI=1S/C23H21NO6S/c1-14-18(22(26)28-2)21(31-19(14)23(27)29-3)24-20(25)16-9-11-17(12-10-16)30-13-15-7-5-4-6-8-15/h4-12H,13H2,1-3H3,(H,24,25). The number of hydrogen-bond donors (Lipinski definition) is 1. The second-order valence-corrected chi connectivity index (χ2v) is 7.52. The maximum atomic E-state index is 12.7. The average Bonchev–Trinajstić information content (AvgIpc) is 3.13. The van der Waals surface area contributed by atoms with Gasteiger partial charge in [-0.05, 0) is 42.3 Å². The SMILES string of the molecule is COC(=O)c1sc(NC(=O)c2ccc(OCc3ccccc3)cc2)c(C(=O)OC)c1C. The molecule has 0 aliphatic heterocycles. The first-order valence-electron chi connectivity index (χ1n) is 9.32. The zero-order valence-electron chi connectivity index (χ0n) is 17.3. The Morgan fingerprint density at radius 3 is 2.16 bits per heavy atom. The lowest BCUT2D eigenvalue weighted by Crippen LogP contribution is -2.14. The molecule has 0 atom stereocenters. The Morgan fingerprint density at radius 1 is 0.903 bits per heavy atom. The van der Waals surface area contributed by atoms with Gasteiger partial charge in [0.25, 0.3) is 5.91 Å². The summed E-state index contributed by atoms with van der Waals surface area (Å²) in [6, 6.07) is 16.4. The fourth-order valence-corrected chi connectivity index (χ4v) is 3.96. The molecule has 2 aromatic carbocycles. The number of esters is 2. The molecule has 0 aliphatic carbocycles. The number of hydrogen-bond acceptors (Lipinski definition) is 7. The van der Waals surface area contributed by atoms with Gasteiger partial charge in [0.1, 0.15) is 22.2 Å². The zero-order valence-corrected chi connectivity index (χ0v) is 18.1. The number of benzene rings is 2. The molecule has 0 saturated heterocycles. The van der Waals surface area contributed by atoms with E-state index in [0.29, 0.717) is 23.5 Å². The topological polar surface area (TPSA) is 90.9 Å². The van der Waals surface area contributed by atoms with Crippen molar-refractivity contribution in [3.05, 3.63) is 81.7 Å². The second-order valence-electron chi connectivity index (χ2n) is 6.50. The average molecular weight is 439 g/mol. The van der Waals surface area contributed by atoms with E-state index in [1.807, 2.05) is 30.3 Å². The molecular formula is C23H21NO6S. The third-order valence-corrected chi connectivity index (χ3v) is 5.69. The Hall–Kier alpha value is -3.65. The van der Waals surface area contributed by atoms with Gasteiger partial charge in [-0.2, -0.15) is 0 Å². The van der Waals surface area contributed by atoms with Crippen LogP contribution in [0.5, 0.6) is 5.75 Å². The summed E-state index contributed by atoms with van der Waals surface area (Å²) >= 11 is 0.962. The van der Waals surface area contributed by atoms with Crippen molar-refractivity contribution < 1.29 is 28.6 Å². The quantitative estimate of drug-likeness (QED) is 0.547. The molecule has 31 heavy (non-hydrogen) atoms. The Morgan fingerprint density at radius 2 is 1.55 bits per heavy atom. The molecule has 3 rings (SSSR count). The highest BCUT2D eigenvalue weighted by Crippen LogP contribution is 2.34. The molecule has 0 spiro atoms. The number of anilines is 1. The minimum atomic E-state index is -0.649. The molecule has 8 heteroatoms. The molecule has 0 unspecified atom stereocenters. The summed E-state index contributed by atoms with van der Waals surface area (Å²) in [5.74, 6) is -1.05. The predicted molar refractivity (Wildman–Crippen MR) is 117 cm³/mol. The van der Waals surface area contributed by atoms with Gasteiger partial charge in [0.2, 0.25) is 0 Å². The maximum Gasteiger partial charge on any atom is 0.348 e. The van der Waals surface area contributed by atoms with Crippen LogP contribution in [0.2, 0.25) is 0 Å². The Kier molecular flexibility index (Phi) is 7.04. The molecule has 160 valence electrons. The van der Waals surface area contributed by atoms with E-state index in [4.69, 9.17) is 14.2 Å². The van der Waals surface area contributed by atoms with Gasteiger partial charge < -0.3 is 19.5 Å². The fourth-order valence-electron chi connectivity index (χ4n) is 2.86.